The summed E-state index contributed by atoms with van der Waals surface area (Å²) in [6, 6.07) is 15.6. The van der Waals surface area contributed by atoms with Crippen LogP contribution >= 0.6 is 0 Å². The third-order valence-electron chi connectivity index (χ3n) is 3.77. The molecule has 4 rings (SSSR count). The molecule has 0 aliphatic heterocycles. The molecule has 6 heteroatoms. The molecular weight excluding hydrogens is 302 g/mol. The molecule has 0 N–H and O–H groups in total. The monoisotopic (exact) mass is 315 g/mol. The maximum Gasteiger partial charge on any atom is 0.138 e. The molecule has 116 valence electrons. The van der Waals surface area contributed by atoms with Crippen LogP contribution in [0.25, 0.3) is 11.2 Å². The van der Waals surface area contributed by atoms with E-state index in [0.29, 0.717) is 17.9 Å². The summed E-state index contributed by atoms with van der Waals surface area (Å²) in [5, 5.41) is 13.5. The van der Waals surface area contributed by atoms with Crippen LogP contribution in [0, 0.1) is 11.3 Å². The molecule has 0 aliphatic rings. The van der Waals surface area contributed by atoms with Crippen molar-refractivity contribution in [2.45, 2.75) is 6.61 Å². The predicted octanol–water partition coefficient (Wildman–Crippen LogP) is 2.97. The first-order chi connectivity index (χ1) is 11.8. The Kier molecular flexibility index (Phi) is 3.45. The van der Waals surface area contributed by atoms with E-state index in [-0.39, 0.29) is 0 Å². The minimum atomic E-state index is 0.325. The molecule has 1 aromatic carbocycles. The van der Waals surface area contributed by atoms with Crippen LogP contribution < -0.4 is 4.74 Å². The van der Waals surface area contributed by atoms with Crippen LogP contribution in [0.1, 0.15) is 11.1 Å². The Morgan fingerprint density at radius 3 is 2.96 bits per heavy atom. The van der Waals surface area contributed by atoms with Crippen LogP contribution in [-0.4, -0.2) is 19.2 Å². The van der Waals surface area contributed by atoms with E-state index < -0.39 is 0 Å². The van der Waals surface area contributed by atoms with Gasteiger partial charge in [0.2, 0.25) is 0 Å². The molecule has 0 unspecified atom stereocenters. The Hall–Kier alpha value is -3.59. The summed E-state index contributed by atoms with van der Waals surface area (Å²) >= 11 is 0. The third kappa shape index (κ3) is 2.48. The molecule has 0 spiro atoms. The number of nitriles is 1. The number of ether oxygens (including phenoxy) is 1. The summed E-state index contributed by atoms with van der Waals surface area (Å²) in [5.74, 6) is 0.710. The number of pyridine rings is 1. The quantitative estimate of drug-likeness (QED) is 0.580. The van der Waals surface area contributed by atoms with Crippen molar-refractivity contribution in [3.8, 4) is 17.5 Å². The van der Waals surface area contributed by atoms with Crippen molar-refractivity contribution in [1.29, 1.82) is 5.26 Å². The normalized spacial score (nSPS) is 10.6. The zero-order valence-corrected chi connectivity index (χ0v) is 12.7. The number of nitrogens with zero attached hydrogens (tertiary/aromatic N) is 5. The Morgan fingerprint density at radius 1 is 1.17 bits per heavy atom. The van der Waals surface area contributed by atoms with E-state index in [2.05, 4.69) is 16.2 Å². The van der Waals surface area contributed by atoms with E-state index >= 15 is 0 Å². The highest BCUT2D eigenvalue weighted by Crippen LogP contribution is 2.21. The van der Waals surface area contributed by atoms with E-state index in [1.807, 2.05) is 59.3 Å². The number of fused-ring (bicyclic) bond motifs is 1. The minimum Gasteiger partial charge on any atom is -0.489 e. The zero-order chi connectivity index (χ0) is 16.4. The van der Waals surface area contributed by atoms with Crippen molar-refractivity contribution in [1.82, 2.24) is 19.2 Å². The van der Waals surface area contributed by atoms with Crippen molar-refractivity contribution in [3.63, 3.8) is 0 Å². The third-order valence-corrected chi connectivity index (χ3v) is 3.77. The van der Waals surface area contributed by atoms with E-state index in [4.69, 9.17) is 4.74 Å². The van der Waals surface area contributed by atoms with Gasteiger partial charge in [-0.1, -0.05) is 12.1 Å². The average Bonchev–Trinajstić information content (AvgIpc) is 3.27. The predicted molar refractivity (Wildman–Crippen MR) is 87.8 cm³/mol. The largest absolute Gasteiger partial charge is 0.489 e. The summed E-state index contributed by atoms with van der Waals surface area (Å²) in [6.45, 7) is 0.325. The Morgan fingerprint density at radius 2 is 2.12 bits per heavy atom. The number of hydrogen-bond donors (Lipinski definition) is 0. The lowest BCUT2D eigenvalue weighted by molar-refractivity contribution is 0.306. The van der Waals surface area contributed by atoms with Crippen molar-refractivity contribution in [2.24, 2.45) is 0 Å². The maximum absolute atomic E-state index is 9.43. The molecule has 0 fully saturated rings. The topological polar surface area (TPSA) is 68.1 Å². The maximum atomic E-state index is 9.43. The van der Waals surface area contributed by atoms with Gasteiger partial charge in [-0.25, -0.2) is 9.67 Å². The number of rotatable bonds is 4. The molecule has 0 radical (unpaired) electrons. The lowest BCUT2D eigenvalue weighted by Gasteiger charge is -2.07. The van der Waals surface area contributed by atoms with Gasteiger partial charge in [0.05, 0.1) is 16.8 Å². The SMILES string of the molecule is N#Cc1c(COc2cccc(-n3cncn3)c2)cn2ccccc12. The Labute approximate surface area is 138 Å². The van der Waals surface area contributed by atoms with Gasteiger partial charge in [-0.05, 0) is 24.3 Å². The first-order valence-electron chi connectivity index (χ1n) is 7.42. The van der Waals surface area contributed by atoms with Gasteiger partial charge < -0.3 is 9.14 Å². The average molecular weight is 315 g/mol. The molecule has 4 aromatic rings. The van der Waals surface area contributed by atoms with E-state index in [1.54, 1.807) is 11.0 Å². The van der Waals surface area contributed by atoms with Gasteiger partial charge in [0.25, 0.3) is 0 Å². The second kappa shape index (κ2) is 5.89. The molecule has 0 saturated carbocycles. The molecule has 0 aliphatic carbocycles. The van der Waals surface area contributed by atoms with Crippen LogP contribution in [-0.2, 0) is 6.61 Å². The van der Waals surface area contributed by atoms with Crippen LogP contribution in [0.5, 0.6) is 5.75 Å². The lowest BCUT2D eigenvalue weighted by Crippen LogP contribution is -1.98. The molecule has 0 bridgehead atoms. The van der Waals surface area contributed by atoms with Gasteiger partial charge in [0.1, 0.15) is 31.1 Å². The Bertz CT molecular complexity index is 1030. The van der Waals surface area contributed by atoms with Crippen molar-refractivity contribution in [3.05, 3.63) is 78.6 Å². The Balaban J connectivity index is 1.60. The fraction of sp³-hybridized carbons (Fsp3) is 0.0556. The molecule has 0 atom stereocenters. The van der Waals surface area contributed by atoms with Gasteiger partial charge >= 0.3 is 0 Å². The van der Waals surface area contributed by atoms with Gasteiger partial charge in [-0.3, -0.25) is 0 Å². The second-order valence-corrected chi connectivity index (χ2v) is 5.26. The smallest absolute Gasteiger partial charge is 0.138 e. The fourth-order valence-electron chi connectivity index (χ4n) is 2.63. The highest BCUT2D eigenvalue weighted by atomic mass is 16.5. The van der Waals surface area contributed by atoms with Crippen LogP contribution in [0.4, 0.5) is 0 Å². The van der Waals surface area contributed by atoms with E-state index in [1.165, 1.54) is 6.33 Å². The first-order valence-corrected chi connectivity index (χ1v) is 7.42. The van der Waals surface area contributed by atoms with Crippen molar-refractivity contribution < 1.29 is 4.74 Å². The number of aromatic nitrogens is 4. The van der Waals surface area contributed by atoms with Crippen molar-refractivity contribution >= 4 is 5.52 Å². The molecule has 3 heterocycles. The molecule has 0 saturated heterocycles. The fourth-order valence-corrected chi connectivity index (χ4v) is 2.63. The summed E-state index contributed by atoms with van der Waals surface area (Å²) in [7, 11) is 0. The van der Waals surface area contributed by atoms with Crippen LogP contribution in [0.15, 0.2) is 67.5 Å². The van der Waals surface area contributed by atoms with Crippen LogP contribution in [0.2, 0.25) is 0 Å². The van der Waals surface area contributed by atoms with Gasteiger partial charge in [0, 0.05) is 24.0 Å². The molecule has 6 nitrogen and oxygen atoms in total. The standard InChI is InChI=1S/C18H13N5O/c19-9-17-14(10-22-7-2-1-6-18(17)22)11-24-16-5-3-4-15(8-16)23-13-20-12-21-23/h1-8,10,12-13H,11H2. The molecule has 3 aromatic heterocycles. The second-order valence-electron chi connectivity index (χ2n) is 5.26. The van der Waals surface area contributed by atoms with E-state index in [9.17, 15) is 5.26 Å². The first kappa shape index (κ1) is 14.0. The number of benzene rings is 1. The summed E-state index contributed by atoms with van der Waals surface area (Å²) in [4.78, 5) is 3.94. The molecule has 24 heavy (non-hydrogen) atoms. The lowest BCUT2D eigenvalue weighted by atomic mass is 10.2. The molecular formula is C18H13N5O. The van der Waals surface area contributed by atoms with Gasteiger partial charge in [-0.15, -0.1) is 0 Å². The zero-order valence-electron chi connectivity index (χ0n) is 12.7. The summed E-state index contributed by atoms with van der Waals surface area (Å²) in [6.07, 6.45) is 6.97. The summed E-state index contributed by atoms with van der Waals surface area (Å²) in [5.41, 5.74) is 3.25. The summed E-state index contributed by atoms with van der Waals surface area (Å²) < 4.78 is 9.48. The highest BCUT2D eigenvalue weighted by molar-refractivity contribution is 5.65. The van der Waals surface area contributed by atoms with Gasteiger partial charge in [-0.2, -0.15) is 10.4 Å². The van der Waals surface area contributed by atoms with Gasteiger partial charge in [0.15, 0.2) is 0 Å². The number of hydrogen-bond acceptors (Lipinski definition) is 4. The minimum absolute atomic E-state index is 0.325. The van der Waals surface area contributed by atoms with E-state index in [0.717, 1.165) is 16.8 Å². The molecule has 0 amide bonds. The highest BCUT2D eigenvalue weighted by Gasteiger charge is 2.10. The van der Waals surface area contributed by atoms with Crippen molar-refractivity contribution in [2.75, 3.05) is 0 Å². The van der Waals surface area contributed by atoms with Crippen LogP contribution in [0.3, 0.4) is 0 Å².